The number of urea groups is 1. The Labute approximate surface area is 87.7 Å². The predicted molar refractivity (Wildman–Crippen MR) is 57.3 cm³/mol. The maximum absolute atomic E-state index is 11.3. The molecule has 5 heteroatoms. The van der Waals surface area contributed by atoms with Crippen LogP contribution in [0.4, 0.5) is 10.5 Å². The smallest absolute Gasteiger partial charge is 0.312 e. The van der Waals surface area contributed by atoms with Crippen LogP contribution < -0.4 is 16.4 Å². The zero-order valence-corrected chi connectivity index (χ0v) is 8.19. The van der Waals surface area contributed by atoms with E-state index in [1.807, 2.05) is 18.2 Å². The summed E-state index contributed by atoms with van der Waals surface area (Å²) in [6, 6.07) is 8.49. The van der Waals surface area contributed by atoms with Gasteiger partial charge in [-0.3, -0.25) is 4.79 Å². The quantitative estimate of drug-likeness (QED) is 0.678. The molecule has 0 bridgehead atoms. The van der Waals surface area contributed by atoms with Crippen molar-refractivity contribution in [3.63, 3.8) is 0 Å². The van der Waals surface area contributed by atoms with Gasteiger partial charge >= 0.3 is 6.03 Å². The molecule has 0 saturated heterocycles. The fourth-order valence-electron chi connectivity index (χ4n) is 1.04. The lowest BCUT2D eigenvalue weighted by Gasteiger charge is -2.04. The van der Waals surface area contributed by atoms with Crippen LogP contribution >= 0.6 is 0 Å². The average molecular weight is 207 g/mol. The maximum Gasteiger partial charge on any atom is 0.312 e. The molecule has 15 heavy (non-hydrogen) atoms. The van der Waals surface area contributed by atoms with E-state index in [1.54, 1.807) is 12.1 Å². The summed E-state index contributed by atoms with van der Waals surface area (Å²) < 4.78 is 0. The van der Waals surface area contributed by atoms with Gasteiger partial charge in [-0.15, -0.1) is 0 Å². The van der Waals surface area contributed by atoms with Crippen LogP contribution in [0.3, 0.4) is 0 Å². The van der Waals surface area contributed by atoms with E-state index in [-0.39, 0.29) is 18.9 Å². The van der Waals surface area contributed by atoms with Crippen LogP contribution in [0.25, 0.3) is 0 Å². The Bertz CT molecular complexity index is 338. The molecule has 0 atom stereocenters. The largest absolute Gasteiger partial charge is 0.352 e. The lowest BCUT2D eigenvalue weighted by molar-refractivity contribution is -0.116. The van der Waals surface area contributed by atoms with Crippen molar-refractivity contribution in [3.8, 4) is 0 Å². The topological polar surface area (TPSA) is 84.2 Å². The number of benzene rings is 1. The molecule has 0 aliphatic heterocycles. The van der Waals surface area contributed by atoms with Crippen LogP contribution in [0.1, 0.15) is 6.42 Å². The minimum absolute atomic E-state index is 0.157. The molecular weight excluding hydrogens is 194 g/mol. The van der Waals surface area contributed by atoms with Crippen LogP contribution in [0.15, 0.2) is 30.3 Å². The van der Waals surface area contributed by atoms with Crippen molar-refractivity contribution < 1.29 is 9.59 Å². The first-order valence-corrected chi connectivity index (χ1v) is 4.56. The maximum atomic E-state index is 11.3. The number of amides is 3. The number of carbonyl (C=O) groups is 2. The summed E-state index contributed by atoms with van der Waals surface area (Å²) in [7, 11) is 0. The number of primary amides is 1. The highest BCUT2D eigenvalue weighted by Gasteiger charge is 2.01. The standard InChI is InChI=1S/C10H13N3O2/c11-10(15)12-7-6-9(14)13-8-4-2-1-3-5-8/h1-5H,6-7H2,(H,13,14)(H3,11,12,15). The van der Waals surface area contributed by atoms with Gasteiger partial charge in [0, 0.05) is 18.7 Å². The van der Waals surface area contributed by atoms with E-state index in [2.05, 4.69) is 10.6 Å². The molecule has 0 saturated carbocycles. The van der Waals surface area contributed by atoms with E-state index in [0.29, 0.717) is 0 Å². The summed E-state index contributed by atoms with van der Waals surface area (Å²) in [4.78, 5) is 21.6. The third kappa shape index (κ3) is 4.66. The zero-order valence-electron chi connectivity index (χ0n) is 8.19. The number of nitrogens with two attached hydrogens (primary N) is 1. The fraction of sp³-hybridized carbons (Fsp3) is 0.200. The molecule has 0 heterocycles. The van der Waals surface area contributed by atoms with Gasteiger partial charge in [-0.1, -0.05) is 18.2 Å². The highest BCUT2D eigenvalue weighted by molar-refractivity contribution is 5.91. The first-order chi connectivity index (χ1) is 7.18. The van der Waals surface area contributed by atoms with Crippen molar-refractivity contribution in [2.75, 3.05) is 11.9 Å². The van der Waals surface area contributed by atoms with E-state index < -0.39 is 6.03 Å². The second-order valence-corrected chi connectivity index (χ2v) is 2.96. The molecular formula is C10H13N3O2. The Morgan fingerprint density at radius 1 is 1.20 bits per heavy atom. The third-order valence-electron chi connectivity index (χ3n) is 1.71. The molecule has 0 unspecified atom stereocenters. The first-order valence-electron chi connectivity index (χ1n) is 4.56. The van der Waals surface area contributed by atoms with Gasteiger partial charge in [0.2, 0.25) is 5.91 Å². The van der Waals surface area contributed by atoms with Gasteiger partial charge in [-0.2, -0.15) is 0 Å². The summed E-state index contributed by atoms with van der Waals surface area (Å²) in [6.07, 6.45) is 0.206. The molecule has 0 radical (unpaired) electrons. The lowest BCUT2D eigenvalue weighted by atomic mass is 10.3. The highest BCUT2D eigenvalue weighted by atomic mass is 16.2. The lowest BCUT2D eigenvalue weighted by Crippen LogP contribution is -2.32. The van der Waals surface area contributed by atoms with Crippen molar-refractivity contribution >= 4 is 17.6 Å². The Hall–Kier alpha value is -2.04. The minimum Gasteiger partial charge on any atom is -0.352 e. The Kier molecular flexibility index (Phi) is 4.15. The SMILES string of the molecule is NC(=O)NCCC(=O)Nc1ccccc1. The summed E-state index contributed by atoms with van der Waals surface area (Å²) in [5.74, 6) is -0.157. The van der Waals surface area contributed by atoms with E-state index in [1.165, 1.54) is 0 Å². The summed E-state index contributed by atoms with van der Waals surface area (Å²) in [5.41, 5.74) is 5.59. The number of carbonyl (C=O) groups excluding carboxylic acids is 2. The normalized spacial score (nSPS) is 9.33. The molecule has 0 spiro atoms. The van der Waals surface area contributed by atoms with Crippen molar-refractivity contribution in [2.24, 2.45) is 5.73 Å². The second kappa shape index (κ2) is 5.64. The van der Waals surface area contributed by atoms with Gasteiger partial charge in [0.25, 0.3) is 0 Å². The number of hydrogen-bond acceptors (Lipinski definition) is 2. The molecule has 4 N–H and O–H groups in total. The van der Waals surface area contributed by atoms with E-state index in [4.69, 9.17) is 5.73 Å². The van der Waals surface area contributed by atoms with Crippen LogP contribution in [-0.2, 0) is 4.79 Å². The van der Waals surface area contributed by atoms with Gasteiger partial charge in [-0.25, -0.2) is 4.79 Å². The molecule has 0 aliphatic carbocycles. The summed E-state index contributed by atoms with van der Waals surface area (Å²) >= 11 is 0. The number of anilines is 1. The highest BCUT2D eigenvalue weighted by Crippen LogP contribution is 2.04. The van der Waals surface area contributed by atoms with E-state index in [0.717, 1.165) is 5.69 Å². The van der Waals surface area contributed by atoms with Crippen LogP contribution in [0.5, 0.6) is 0 Å². The zero-order chi connectivity index (χ0) is 11.1. The summed E-state index contributed by atoms with van der Waals surface area (Å²) in [6.45, 7) is 0.244. The van der Waals surface area contributed by atoms with Gasteiger partial charge in [0.15, 0.2) is 0 Å². The monoisotopic (exact) mass is 207 g/mol. The molecule has 3 amide bonds. The minimum atomic E-state index is -0.623. The number of nitrogens with one attached hydrogen (secondary N) is 2. The molecule has 80 valence electrons. The first kappa shape index (κ1) is 11.0. The molecule has 5 nitrogen and oxygen atoms in total. The van der Waals surface area contributed by atoms with Gasteiger partial charge in [0.05, 0.1) is 0 Å². The Morgan fingerprint density at radius 3 is 2.47 bits per heavy atom. The van der Waals surface area contributed by atoms with E-state index in [9.17, 15) is 9.59 Å². The van der Waals surface area contributed by atoms with Crippen LogP contribution in [0, 0.1) is 0 Å². The fourth-order valence-corrected chi connectivity index (χ4v) is 1.04. The van der Waals surface area contributed by atoms with Crippen molar-refractivity contribution in [3.05, 3.63) is 30.3 Å². The summed E-state index contributed by atoms with van der Waals surface area (Å²) in [5, 5.41) is 5.02. The van der Waals surface area contributed by atoms with Crippen LogP contribution in [-0.4, -0.2) is 18.5 Å². The van der Waals surface area contributed by atoms with Gasteiger partial charge in [-0.05, 0) is 12.1 Å². The third-order valence-corrected chi connectivity index (χ3v) is 1.71. The number of rotatable bonds is 4. The van der Waals surface area contributed by atoms with Gasteiger partial charge < -0.3 is 16.4 Å². The molecule has 1 aromatic rings. The average Bonchev–Trinajstić information content (AvgIpc) is 2.18. The van der Waals surface area contributed by atoms with Crippen molar-refractivity contribution in [1.82, 2.24) is 5.32 Å². The molecule has 0 fully saturated rings. The molecule has 0 aromatic heterocycles. The van der Waals surface area contributed by atoms with Crippen LogP contribution in [0.2, 0.25) is 0 Å². The number of hydrogen-bond donors (Lipinski definition) is 3. The van der Waals surface area contributed by atoms with E-state index >= 15 is 0 Å². The molecule has 1 rings (SSSR count). The predicted octanol–water partition coefficient (Wildman–Crippen LogP) is 0.683. The van der Waals surface area contributed by atoms with Gasteiger partial charge in [0.1, 0.15) is 0 Å². The molecule has 0 aliphatic rings. The molecule has 1 aromatic carbocycles. The number of para-hydroxylation sites is 1. The Morgan fingerprint density at radius 2 is 1.87 bits per heavy atom. The second-order valence-electron chi connectivity index (χ2n) is 2.96. The Balaban J connectivity index is 2.28. The van der Waals surface area contributed by atoms with Crippen molar-refractivity contribution in [2.45, 2.75) is 6.42 Å². The van der Waals surface area contributed by atoms with Crippen molar-refractivity contribution in [1.29, 1.82) is 0 Å².